The molecule has 0 unspecified atom stereocenters. The minimum atomic E-state index is -0.125. The van der Waals surface area contributed by atoms with E-state index in [1.165, 1.54) is 0 Å². The zero-order valence-electron chi connectivity index (χ0n) is 14.0. The maximum absolute atomic E-state index is 12.2. The number of hydrogen-bond acceptors (Lipinski definition) is 3. The average Bonchev–Trinajstić information content (AvgIpc) is 3.03. The summed E-state index contributed by atoms with van der Waals surface area (Å²) in [6, 6.07) is 7.89. The first-order chi connectivity index (χ1) is 11.7. The second-order valence-electron chi connectivity index (χ2n) is 6.13. The van der Waals surface area contributed by atoms with Gasteiger partial charge in [-0.2, -0.15) is 0 Å². The fraction of sp³-hybridized carbons (Fsp3) is 0.444. The summed E-state index contributed by atoms with van der Waals surface area (Å²) in [5.74, 6) is -0.127. The first kappa shape index (κ1) is 16.5. The van der Waals surface area contributed by atoms with E-state index in [0.717, 1.165) is 49.2 Å². The third kappa shape index (κ3) is 3.76. The number of para-hydroxylation sites is 1. The fourth-order valence-electron chi connectivity index (χ4n) is 3.11. The largest absolute Gasteiger partial charge is 0.361 e. The monoisotopic (exact) mass is 328 g/mol. The highest BCUT2D eigenvalue weighted by Crippen LogP contribution is 2.17. The van der Waals surface area contributed by atoms with Crippen molar-refractivity contribution in [3.63, 3.8) is 0 Å². The van der Waals surface area contributed by atoms with Gasteiger partial charge in [0.2, 0.25) is 11.8 Å². The van der Waals surface area contributed by atoms with Gasteiger partial charge in [0.05, 0.1) is 13.0 Å². The van der Waals surface area contributed by atoms with Crippen molar-refractivity contribution in [1.29, 1.82) is 0 Å². The van der Waals surface area contributed by atoms with Crippen LogP contribution in [0.4, 0.5) is 0 Å². The number of carbonyl (C=O) groups is 2. The van der Waals surface area contributed by atoms with Crippen LogP contribution in [0.2, 0.25) is 0 Å². The Morgan fingerprint density at radius 2 is 1.92 bits per heavy atom. The molecular formula is C18H24N4O2. The van der Waals surface area contributed by atoms with Crippen LogP contribution in [0.5, 0.6) is 0 Å². The van der Waals surface area contributed by atoms with Gasteiger partial charge in [0.1, 0.15) is 0 Å². The number of fused-ring (bicyclic) bond motifs is 1. The number of aromatic nitrogens is 1. The van der Waals surface area contributed by atoms with Crippen molar-refractivity contribution in [3.8, 4) is 0 Å². The summed E-state index contributed by atoms with van der Waals surface area (Å²) in [6.07, 6.45) is 2.14. The van der Waals surface area contributed by atoms with Crippen LogP contribution in [0.1, 0.15) is 12.5 Å². The van der Waals surface area contributed by atoms with E-state index in [1.807, 2.05) is 35.4 Å². The molecule has 3 rings (SSSR count). The summed E-state index contributed by atoms with van der Waals surface area (Å²) < 4.78 is 0. The van der Waals surface area contributed by atoms with Crippen LogP contribution < -0.4 is 5.32 Å². The van der Waals surface area contributed by atoms with E-state index in [9.17, 15) is 9.59 Å². The van der Waals surface area contributed by atoms with Gasteiger partial charge in [0, 0.05) is 43.3 Å². The highest BCUT2D eigenvalue weighted by Gasteiger charge is 2.20. The molecule has 6 heteroatoms. The number of H-pyrrole nitrogens is 1. The number of nitrogens with zero attached hydrogens (tertiary/aromatic N) is 2. The highest BCUT2D eigenvalue weighted by atomic mass is 16.2. The predicted octanol–water partition coefficient (Wildman–Crippen LogP) is 0.991. The third-order valence-electron chi connectivity index (χ3n) is 4.63. The Balaban J connectivity index is 1.48. The maximum atomic E-state index is 12.2. The maximum Gasteiger partial charge on any atom is 0.242 e. The van der Waals surface area contributed by atoms with Crippen molar-refractivity contribution < 1.29 is 9.59 Å². The van der Waals surface area contributed by atoms with Gasteiger partial charge < -0.3 is 20.1 Å². The molecule has 2 amide bonds. The van der Waals surface area contributed by atoms with Gasteiger partial charge in [0.25, 0.3) is 0 Å². The summed E-state index contributed by atoms with van der Waals surface area (Å²) >= 11 is 0. The third-order valence-corrected chi connectivity index (χ3v) is 4.63. The van der Waals surface area contributed by atoms with Crippen LogP contribution >= 0.6 is 0 Å². The molecule has 2 N–H and O–H groups in total. The van der Waals surface area contributed by atoms with E-state index in [0.29, 0.717) is 0 Å². The zero-order chi connectivity index (χ0) is 16.9. The number of piperazine rings is 1. The molecule has 0 spiro atoms. The summed E-state index contributed by atoms with van der Waals surface area (Å²) in [5.41, 5.74) is 1.97. The number of likely N-dealkylation sites (N-methyl/N-ethyl adjacent to an activating group) is 1. The molecule has 0 atom stereocenters. The van der Waals surface area contributed by atoms with E-state index in [4.69, 9.17) is 0 Å². The highest BCUT2D eigenvalue weighted by molar-refractivity contribution is 5.90. The molecule has 1 saturated heterocycles. The predicted molar refractivity (Wildman–Crippen MR) is 93.7 cm³/mol. The van der Waals surface area contributed by atoms with Crippen molar-refractivity contribution >= 4 is 22.7 Å². The van der Waals surface area contributed by atoms with E-state index < -0.39 is 0 Å². The SMILES string of the molecule is CCN1CCN(C(=O)CNC(=O)Cc2c[nH]c3ccccc23)CC1. The van der Waals surface area contributed by atoms with Crippen LogP contribution in [-0.4, -0.2) is 65.9 Å². The van der Waals surface area contributed by atoms with Crippen molar-refractivity contribution in [2.24, 2.45) is 0 Å². The lowest BCUT2D eigenvalue weighted by Gasteiger charge is -2.34. The van der Waals surface area contributed by atoms with Gasteiger partial charge >= 0.3 is 0 Å². The van der Waals surface area contributed by atoms with Crippen molar-refractivity contribution in [1.82, 2.24) is 20.1 Å². The molecule has 1 aromatic carbocycles. The lowest BCUT2D eigenvalue weighted by atomic mass is 10.1. The number of amides is 2. The molecular weight excluding hydrogens is 304 g/mol. The minimum Gasteiger partial charge on any atom is -0.361 e. The Bertz CT molecular complexity index is 717. The average molecular weight is 328 g/mol. The quantitative estimate of drug-likeness (QED) is 0.860. The van der Waals surface area contributed by atoms with Crippen LogP contribution in [0.3, 0.4) is 0 Å². The molecule has 24 heavy (non-hydrogen) atoms. The van der Waals surface area contributed by atoms with Crippen molar-refractivity contribution in [2.75, 3.05) is 39.3 Å². The Morgan fingerprint density at radius 3 is 2.67 bits per heavy atom. The summed E-state index contributed by atoms with van der Waals surface area (Å²) in [4.78, 5) is 31.6. The minimum absolute atomic E-state index is 0.00182. The van der Waals surface area contributed by atoms with E-state index in [-0.39, 0.29) is 24.8 Å². The van der Waals surface area contributed by atoms with Gasteiger partial charge in [0.15, 0.2) is 0 Å². The molecule has 1 aliphatic rings. The number of hydrogen-bond donors (Lipinski definition) is 2. The molecule has 0 bridgehead atoms. The Labute approximate surface area is 141 Å². The molecule has 6 nitrogen and oxygen atoms in total. The number of rotatable bonds is 5. The summed E-state index contributed by atoms with van der Waals surface area (Å²) in [7, 11) is 0. The molecule has 1 aromatic heterocycles. The van der Waals surface area contributed by atoms with E-state index in [1.54, 1.807) is 0 Å². The van der Waals surface area contributed by atoms with E-state index in [2.05, 4.69) is 22.1 Å². The van der Waals surface area contributed by atoms with Crippen LogP contribution in [0.15, 0.2) is 30.5 Å². The lowest BCUT2D eigenvalue weighted by Crippen LogP contribution is -2.51. The molecule has 1 fully saturated rings. The number of aromatic amines is 1. The molecule has 1 aliphatic heterocycles. The summed E-state index contributed by atoms with van der Waals surface area (Å²) in [6.45, 7) is 6.52. The second kappa shape index (κ2) is 7.49. The molecule has 0 radical (unpaired) electrons. The summed E-state index contributed by atoms with van der Waals surface area (Å²) in [5, 5.41) is 3.80. The molecule has 2 aromatic rings. The zero-order valence-corrected chi connectivity index (χ0v) is 14.0. The van der Waals surface area contributed by atoms with Crippen LogP contribution in [0.25, 0.3) is 10.9 Å². The standard InChI is InChI=1S/C18H24N4O2/c1-2-21-7-9-22(10-8-21)18(24)13-20-17(23)11-14-12-19-16-6-4-3-5-15(14)16/h3-6,12,19H,2,7-11,13H2,1H3,(H,20,23). The number of carbonyl (C=O) groups excluding carboxylic acids is 2. The van der Waals surface area contributed by atoms with E-state index >= 15 is 0 Å². The van der Waals surface area contributed by atoms with Crippen molar-refractivity contribution in [3.05, 3.63) is 36.0 Å². The first-order valence-corrected chi connectivity index (χ1v) is 8.49. The molecule has 0 aliphatic carbocycles. The number of nitrogens with one attached hydrogen (secondary N) is 2. The Morgan fingerprint density at radius 1 is 1.17 bits per heavy atom. The Hall–Kier alpha value is -2.34. The van der Waals surface area contributed by atoms with Gasteiger partial charge in [-0.25, -0.2) is 0 Å². The van der Waals surface area contributed by atoms with Gasteiger partial charge in [-0.3, -0.25) is 9.59 Å². The van der Waals surface area contributed by atoms with Crippen molar-refractivity contribution in [2.45, 2.75) is 13.3 Å². The number of benzene rings is 1. The smallest absolute Gasteiger partial charge is 0.242 e. The molecule has 2 heterocycles. The van der Waals surface area contributed by atoms with Crippen LogP contribution in [-0.2, 0) is 16.0 Å². The first-order valence-electron chi connectivity index (χ1n) is 8.49. The van der Waals surface area contributed by atoms with Gasteiger partial charge in [-0.1, -0.05) is 25.1 Å². The lowest BCUT2D eigenvalue weighted by molar-refractivity contribution is -0.134. The topological polar surface area (TPSA) is 68.4 Å². The second-order valence-corrected chi connectivity index (χ2v) is 6.13. The van der Waals surface area contributed by atoms with Crippen LogP contribution in [0, 0.1) is 0 Å². The molecule has 0 saturated carbocycles. The van der Waals surface area contributed by atoms with Gasteiger partial charge in [-0.15, -0.1) is 0 Å². The normalized spacial score (nSPS) is 15.6. The fourth-order valence-corrected chi connectivity index (χ4v) is 3.11. The van der Waals surface area contributed by atoms with Gasteiger partial charge in [-0.05, 0) is 18.2 Å². The molecule has 128 valence electrons. The Kier molecular flexibility index (Phi) is 5.15.